The number of rotatable bonds is 6. The van der Waals surface area contributed by atoms with Crippen molar-refractivity contribution in [3.63, 3.8) is 0 Å². The molecule has 32 heavy (non-hydrogen) atoms. The average molecular weight is 438 g/mol. The highest BCUT2D eigenvalue weighted by Gasteiger charge is 2.45. The molecule has 2 heterocycles. The maximum atomic E-state index is 5.62. The zero-order chi connectivity index (χ0) is 21.5. The van der Waals surface area contributed by atoms with E-state index in [2.05, 4.69) is 32.9 Å². The van der Waals surface area contributed by atoms with E-state index in [1.54, 1.807) is 11.3 Å². The van der Waals surface area contributed by atoms with Crippen LogP contribution in [-0.2, 0) is 4.74 Å². The first-order chi connectivity index (χ1) is 15.7. The monoisotopic (exact) mass is 437 g/mol. The number of hydrogen-bond acceptors (Lipinski definition) is 4. The van der Waals surface area contributed by atoms with E-state index in [0.717, 1.165) is 43.2 Å². The minimum absolute atomic E-state index is 0.449. The number of methoxy groups -OCH3 is 1. The Morgan fingerprint density at radius 2 is 1.53 bits per heavy atom. The summed E-state index contributed by atoms with van der Waals surface area (Å²) in [5.74, 6) is 1.77. The van der Waals surface area contributed by atoms with E-state index < -0.39 is 0 Å². The lowest BCUT2D eigenvalue weighted by Gasteiger charge is -2.40. The van der Waals surface area contributed by atoms with Crippen molar-refractivity contribution < 1.29 is 4.74 Å². The second kappa shape index (κ2) is 8.83. The molecule has 0 aromatic heterocycles. The van der Waals surface area contributed by atoms with E-state index in [9.17, 15) is 0 Å². The fraction of sp³-hybridized carbons (Fsp3) is 0.786. The first-order valence-electron chi connectivity index (χ1n) is 13.6. The Hall–Kier alpha value is -1.26. The first kappa shape index (κ1) is 21.3. The van der Waals surface area contributed by atoms with E-state index in [0.29, 0.717) is 6.10 Å². The van der Waals surface area contributed by atoms with Crippen molar-refractivity contribution in [2.75, 3.05) is 62.7 Å². The van der Waals surface area contributed by atoms with Gasteiger partial charge in [-0.05, 0) is 105 Å². The molecule has 0 unspecified atom stereocenters. The number of anilines is 2. The number of hydrogen-bond donors (Lipinski definition) is 0. The zero-order valence-corrected chi connectivity index (χ0v) is 20.2. The molecule has 2 saturated heterocycles. The van der Waals surface area contributed by atoms with Gasteiger partial charge in [0.15, 0.2) is 0 Å². The van der Waals surface area contributed by atoms with Crippen molar-refractivity contribution >= 4 is 11.4 Å². The lowest BCUT2D eigenvalue weighted by Crippen LogP contribution is -2.47. The number of piperidine rings is 1. The molecule has 6 rings (SSSR count). The third-order valence-corrected chi connectivity index (χ3v) is 9.52. The van der Waals surface area contributed by atoms with Gasteiger partial charge < -0.3 is 14.5 Å². The Labute approximate surface area is 195 Å². The molecular weight excluding hydrogens is 394 g/mol. The van der Waals surface area contributed by atoms with Gasteiger partial charge >= 0.3 is 0 Å². The maximum Gasteiger partial charge on any atom is 0.0605 e. The summed E-state index contributed by atoms with van der Waals surface area (Å²) in [6.45, 7) is 8.51. The fourth-order valence-electron chi connectivity index (χ4n) is 6.76. The van der Waals surface area contributed by atoms with Gasteiger partial charge in [-0.15, -0.1) is 0 Å². The van der Waals surface area contributed by atoms with E-state index in [1.807, 2.05) is 7.11 Å². The fourth-order valence-corrected chi connectivity index (χ4v) is 6.76. The highest BCUT2D eigenvalue weighted by molar-refractivity contribution is 5.63. The van der Waals surface area contributed by atoms with Gasteiger partial charge in [-0.25, -0.2) is 0 Å². The molecule has 0 amide bonds. The van der Waals surface area contributed by atoms with Crippen LogP contribution in [0, 0.1) is 11.3 Å². The van der Waals surface area contributed by atoms with Crippen molar-refractivity contribution in [2.24, 2.45) is 11.3 Å². The summed E-state index contributed by atoms with van der Waals surface area (Å²) in [5, 5.41) is 0. The molecule has 1 aromatic rings. The molecule has 0 N–H and O–H groups in total. The molecule has 3 aliphatic carbocycles. The predicted molar refractivity (Wildman–Crippen MR) is 133 cm³/mol. The van der Waals surface area contributed by atoms with Crippen molar-refractivity contribution in [3.05, 3.63) is 23.8 Å². The maximum absolute atomic E-state index is 5.62. The topological polar surface area (TPSA) is 19.0 Å². The summed E-state index contributed by atoms with van der Waals surface area (Å²) < 4.78 is 5.62. The van der Waals surface area contributed by atoms with Gasteiger partial charge in [0.1, 0.15) is 0 Å². The minimum atomic E-state index is 0.449. The SMILES string of the molecule is COC1CCN(c2ccc(N3CCN(CC4CC4)CC3)c(C3CCC4(CC3)CC4)c2)CC1. The average Bonchev–Trinajstić information content (AvgIpc) is 3.79. The van der Waals surface area contributed by atoms with Crippen molar-refractivity contribution in [2.45, 2.75) is 76.2 Å². The van der Waals surface area contributed by atoms with Crippen LogP contribution in [0.15, 0.2) is 18.2 Å². The first-order valence-corrected chi connectivity index (χ1v) is 13.6. The number of benzene rings is 1. The van der Waals surface area contributed by atoms with E-state index in [-0.39, 0.29) is 0 Å². The van der Waals surface area contributed by atoms with Gasteiger partial charge in [0.25, 0.3) is 0 Å². The van der Waals surface area contributed by atoms with Crippen LogP contribution in [0.3, 0.4) is 0 Å². The smallest absolute Gasteiger partial charge is 0.0605 e. The standard InChI is InChI=1S/C28H43N3O/c1-32-25-8-14-30(15-9-25)24-4-5-27(31-18-16-29(17-19-31)21-22-2-3-22)26(20-24)23-6-10-28(11-7-23)12-13-28/h4-5,20,22-23,25H,2-3,6-19,21H2,1H3. The molecule has 0 bridgehead atoms. The molecule has 1 spiro atoms. The summed E-state index contributed by atoms with van der Waals surface area (Å²) in [5.41, 5.74) is 5.45. The molecule has 5 aliphatic rings. The van der Waals surface area contributed by atoms with Crippen LogP contribution in [0.5, 0.6) is 0 Å². The molecule has 2 aliphatic heterocycles. The lowest BCUT2D eigenvalue weighted by molar-refractivity contribution is 0.0819. The molecule has 4 heteroatoms. The molecule has 4 nitrogen and oxygen atoms in total. The van der Waals surface area contributed by atoms with E-state index in [4.69, 9.17) is 4.74 Å². The van der Waals surface area contributed by atoms with Crippen molar-refractivity contribution in [1.82, 2.24) is 4.90 Å². The van der Waals surface area contributed by atoms with Crippen LogP contribution in [0.25, 0.3) is 0 Å². The molecule has 0 atom stereocenters. The van der Waals surface area contributed by atoms with Crippen LogP contribution in [0.4, 0.5) is 11.4 Å². The molecule has 5 fully saturated rings. The molecule has 0 radical (unpaired) electrons. The van der Waals surface area contributed by atoms with Crippen LogP contribution in [-0.4, -0.2) is 63.9 Å². The lowest BCUT2D eigenvalue weighted by atomic mass is 9.76. The van der Waals surface area contributed by atoms with Crippen molar-refractivity contribution in [3.8, 4) is 0 Å². The second-order valence-corrected chi connectivity index (χ2v) is 11.7. The Morgan fingerprint density at radius 3 is 2.16 bits per heavy atom. The Kier molecular flexibility index (Phi) is 5.87. The van der Waals surface area contributed by atoms with E-state index >= 15 is 0 Å². The number of piperazine rings is 1. The van der Waals surface area contributed by atoms with Crippen LogP contribution in [0.1, 0.15) is 75.7 Å². The second-order valence-electron chi connectivity index (χ2n) is 11.7. The van der Waals surface area contributed by atoms with Gasteiger partial charge in [-0.2, -0.15) is 0 Å². The molecule has 176 valence electrons. The summed E-state index contributed by atoms with van der Waals surface area (Å²) in [4.78, 5) is 8.06. The summed E-state index contributed by atoms with van der Waals surface area (Å²) in [6, 6.07) is 7.52. The number of nitrogens with zero attached hydrogens (tertiary/aromatic N) is 3. The van der Waals surface area contributed by atoms with Crippen LogP contribution < -0.4 is 9.80 Å². The van der Waals surface area contributed by atoms with Gasteiger partial charge in [0.2, 0.25) is 0 Å². The normalized spacial score (nSPS) is 27.3. The summed E-state index contributed by atoms with van der Waals surface area (Å²) >= 11 is 0. The van der Waals surface area contributed by atoms with Gasteiger partial charge in [-0.3, -0.25) is 4.90 Å². The highest BCUT2D eigenvalue weighted by atomic mass is 16.5. The van der Waals surface area contributed by atoms with E-state index in [1.165, 1.54) is 89.8 Å². The van der Waals surface area contributed by atoms with Crippen LogP contribution >= 0.6 is 0 Å². The predicted octanol–water partition coefficient (Wildman–Crippen LogP) is 5.27. The van der Waals surface area contributed by atoms with Gasteiger partial charge in [0, 0.05) is 64.3 Å². The third kappa shape index (κ3) is 4.55. The van der Waals surface area contributed by atoms with Crippen LogP contribution in [0.2, 0.25) is 0 Å². The largest absolute Gasteiger partial charge is 0.381 e. The molecular formula is C28H43N3O. The quantitative estimate of drug-likeness (QED) is 0.603. The molecule has 3 saturated carbocycles. The number of ether oxygens (including phenoxy) is 1. The Balaban J connectivity index is 1.20. The zero-order valence-electron chi connectivity index (χ0n) is 20.2. The summed E-state index contributed by atoms with van der Waals surface area (Å²) in [7, 11) is 1.87. The van der Waals surface area contributed by atoms with Crippen molar-refractivity contribution in [1.29, 1.82) is 0 Å². The molecule has 1 aromatic carbocycles. The Bertz CT molecular complexity index is 776. The van der Waals surface area contributed by atoms with Gasteiger partial charge in [-0.1, -0.05) is 0 Å². The third-order valence-electron chi connectivity index (χ3n) is 9.52. The Morgan fingerprint density at radius 1 is 0.812 bits per heavy atom. The highest BCUT2D eigenvalue weighted by Crippen LogP contribution is 2.59. The minimum Gasteiger partial charge on any atom is -0.381 e. The summed E-state index contributed by atoms with van der Waals surface area (Å²) in [6.07, 6.45) is 14.5. The van der Waals surface area contributed by atoms with Gasteiger partial charge in [0.05, 0.1) is 6.10 Å².